The number of hydrogen-bond donors (Lipinski definition) is 1. The third-order valence-electron chi connectivity index (χ3n) is 3.96. The van der Waals surface area contributed by atoms with Gasteiger partial charge >= 0.3 is 5.69 Å². The Balaban J connectivity index is 2.13. The number of rotatable bonds is 5. The number of halogens is 1. The molecule has 2 aromatic heterocycles. The monoisotopic (exact) mass is 330 g/mol. The molecule has 3 aromatic rings. The fraction of sp³-hybridized carbons (Fsp3) is 0.353. The molecule has 0 aliphatic rings. The van der Waals surface area contributed by atoms with Crippen molar-refractivity contribution in [3.63, 3.8) is 0 Å². The van der Waals surface area contributed by atoms with Gasteiger partial charge in [0.15, 0.2) is 5.65 Å². The minimum Gasteiger partial charge on any atom is -0.336 e. The van der Waals surface area contributed by atoms with E-state index in [4.69, 9.17) is 0 Å². The Labute approximate surface area is 137 Å². The molecule has 0 spiro atoms. The van der Waals surface area contributed by atoms with Crippen molar-refractivity contribution in [2.75, 3.05) is 0 Å². The van der Waals surface area contributed by atoms with Crippen molar-refractivity contribution >= 4 is 11.2 Å². The number of hydrogen-bond acceptors (Lipinski definition) is 3. The maximum Gasteiger partial charge on any atom is 0.332 e. The zero-order valence-electron chi connectivity index (χ0n) is 13.7. The van der Waals surface area contributed by atoms with Crippen LogP contribution in [0.25, 0.3) is 11.2 Å². The van der Waals surface area contributed by atoms with Gasteiger partial charge in [0.05, 0.1) is 0 Å². The highest BCUT2D eigenvalue weighted by Crippen LogP contribution is 2.11. The van der Waals surface area contributed by atoms with E-state index in [-0.39, 0.29) is 17.1 Å². The van der Waals surface area contributed by atoms with Crippen LogP contribution in [0.15, 0.2) is 33.9 Å². The first-order valence-electron chi connectivity index (χ1n) is 8.01. The molecule has 2 heterocycles. The maximum absolute atomic E-state index is 13.0. The summed E-state index contributed by atoms with van der Waals surface area (Å²) in [6.07, 6.45) is 1.13. The number of H-pyrrole nitrogens is 1. The van der Waals surface area contributed by atoms with Gasteiger partial charge in [-0.15, -0.1) is 0 Å². The number of aryl methyl sites for hydroxylation is 1. The first kappa shape index (κ1) is 16.2. The minimum absolute atomic E-state index is 0.300. The molecule has 0 unspecified atom stereocenters. The van der Waals surface area contributed by atoms with E-state index in [1.54, 1.807) is 12.1 Å². The molecule has 1 aromatic carbocycles. The standard InChI is InChI=1S/C17H19FN4O2/c1-3-9-22-16(23)14-15(21(4-2)17(22)24)20-13(19-14)10-11-5-7-12(18)8-6-11/h5-8H,3-4,9-10H2,1-2H3,(H,19,20). The lowest BCUT2D eigenvalue weighted by molar-refractivity contribution is 0.572. The number of aromatic nitrogens is 4. The van der Waals surface area contributed by atoms with Crippen LogP contribution in [0.3, 0.4) is 0 Å². The first-order valence-corrected chi connectivity index (χ1v) is 8.01. The van der Waals surface area contributed by atoms with E-state index in [2.05, 4.69) is 9.97 Å². The van der Waals surface area contributed by atoms with Crippen LogP contribution in [-0.2, 0) is 19.5 Å². The lowest BCUT2D eigenvalue weighted by Gasteiger charge is -2.08. The summed E-state index contributed by atoms with van der Waals surface area (Å²) in [5.74, 6) is 0.273. The Morgan fingerprint density at radius 1 is 1.12 bits per heavy atom. The van der Waals surface area contributed by atoms with Crippen LogP contribution in [0.4, 0.5) is 4.39 Å². The van der Waals surface area contributed by atoms with Crippen molar-refractivity contribution < 1.29 is 4.39 Å². The summed E-state index contributed by atoms with van der Waals surface area (Å²) in [7, 11) is 0. The fourth-order valence-corrected chi connectivity index (χ4v) is 2.80. The fourth-order valence-electron chi connectivity index (χ4n) is 2.80. The van der Waals surface area contributed by atoms with Gasteiger partial charge < -0.3 is 4.98 Å². The Morgan fingerprint density at radius 2 is 1.83 bits per heavy atom. The van der Waals surface area contributed by atoms with Gasteiger partial charge in [0, 0.05) is 19.5 Å². The predicted molar refractivity (Wildman–Crippen MR) is 89.8 cm³/mol. The maximum atomic E-state index is 13.0. The molecule has 3 rings (SSSR count). The quantitative estimate of drug-likeness (QED) is 0.778. The van der Waals surface area contributed by atoms with Crippen molar-refractivity contribution in [3.05, 3.63) is 62.3 Å². The molecule has 24 heavy (non-hydrogen) atoms. The lowest BCUT2D eigenvalue weighted by atomic mass is 10.1. The summed E-state index contributed by atoms with van der Waals surface area (Å²) in [5, 5.41) is 0. The van der Waals surface area contributed by atoms with Gasteiger partial charge in [-0.1, -0.05) is 19.1 Å². The van der Waals surface area contributed by atoms with Gasteiger partial charge in [-0.25, -0.2) is 14.2 Å². The van der Waals surface area contributed by atoms with E-state index < -0.39 is 0 Å². The van der Waals surface area contributed by atoms with Gasteiger partial charge in [0.1, 0.15) is 17.2 Å². The Hall–Kier alpha value is -2.70. The van der Waals surface area contributed by atoms with Crippen molar-refractivity contribution in [2.24, 2.45) is 0 Å². The summed E-state index contributed by atoms with van der Waals surface area (Å²) in [4.78, 5) is 32.5. The van der Waals surface area contributed by atoms with Gasteiger partial charge in [0.25, 0.3) is 5.56 Å². The van der Waals surface area contributed by atoms with Gasteiger partial charge in [-0.05, 0) is 31.0 Å². The average Bonchev–Trinajstić information content (AvgIpc) is 2.98. The molecular weight excluding hydrogens is 311 g/mol. The molecule has 7 heteroatoms. The summed E-state index contributed by atoms with van der Waals surface area (Å²) in [6, 6.07) is 6.11. The molecule has 0 aliphatic heterocycles. The molecule has 126 valence electrons. The molecule has 0 radical (unpaired) electrons. The van der Waals surface area contributed by atoms with Crippen LogP contribution < -0.4 is 11.2 Å². The van der Waals surface area contributed by atoms with Gasteiger partial charge in [-0.2, -0.15) is 0 Å². The summed E-state index contributed by atoms with van der Waals surface area (Å²) in [6.45, 7) is 4.56. The van der Waals surface area contributed by atoms with Crippen LogP contribution in [0, 0.1) is 5.82 Å². The smallest absolute Gasteiger partial charge is 0.332 e. The van der Waals surface area contributed by atoms with Crippen LogP contribution in [0.2, 0.25) is 0 Å². The molecule has 0 saturated carbocycles. The highest BCUT2D eigenvalue weighted by Gasteiger charge is 2.16. The first-order chi connectivity index (χ1) is 11.5. The molecular formula is C17H19FN4O2. The van der Waals surface area contributed by atoms with E-state index in [1.165, 1.54) is 21.3 Å². The van der Waals surface area contributed by atoms with Gasteiger partial charge in [-0.3, -0.25) is 13.9 Å². The predicted octanol–water partition coefficient (Wildman–Crippen LogP) is 2.05. The summed E-state index contributed by atoms with van der Waals surface area (Å²) >= 11 is 0. The van der Waals surface area contributed by atoms with Crippen molar-refractivity contribution in [1.29, 1.82) is 0 Å². The molecule has 1 N–H and O–H groups in total. The topological polar surface area (TPSA) is 72.7 Å². The molecule has 0 aliphatic carbocycles. The Kier molecular flexibility index (Phi) is 4.33. The number of fused-ring (bicyclic) bond motifs is 1. The average molecular weight is 330 g/mol. The van der Waals surface area contributed by atoms with Crippen LogP contribution in [0.5, 0.6) is 0 Å². The third-order valence-corrected chi connectivity index (χ3v) is 3.96. The van der Waals surface area contributed by atoms with Crippen LogP contribution in [-0.4, -0.2) is 19.1 Å². The van der Waals surface area contributed by atoms with Crippen molar-refractivity contribution in [2.45, 2.75) is 39.8 Å². The summed E-state index contributed by atoms with van der Waals surface area (Å²) in [5.41, 5.74) is 0.893. The molecule has 0 amide bonds. The Bertz CT molecular complexity index is 983. The van der Waals surface area contributed by atoms with E-state index in [9.17, 15) is 14.0 Å². The molecule has 0 atom stereocenters. The number of aromatic amines is 1. The number of nitrogens with one attached hydrogen (secondary N) is 1. The van der Waals surface area contributed by atoms with Crippen molar-refractivity contribution in [3.8, 4) is 0 Å². The van der Waals surface area contributed by atoms with E-state index in [1.807, 2.05) is 13.8 Å². The molecule has 0 saturated heterocycles. The molecule has 0 fully saturated rings. The molecule has 0 bridgehead atoms. The van der Waals surface area contributed by atoms with E-state index in [0.29, 0.717) is 42.9 Å². The number of nitrogens with zero attached hydrogens (tertiary/aromatic N) is 3. The van der Waals surface area contributed by atoms with Crippen LogP contribution >= 0.6 is 0 Å². The second-order valence-electron chi connectivity index (χ2n) is 5.67. The zero-order valence-corrected chi connectivity index (χ0v) is 13.7. The summed E-state index contributed by atoms with van der Waals surface area (Å²) < 4.78 is 15.7. The second kappa shape index (κ2) is 6.43. The van der Waals surface area contributed by atoms with Gasteiger partial charge in [0.2, 0.25) is 0 Å². The van der Waals surface area contributed by atoms with Crippen molar-refractivity contribution in [1.82, 2.24) is 19.1 Å². The third kappa shape index (κ3) is 2.77. The zero-order chi connectivity index (χ0) is 17.3. The molecule has 6 nitrogen and oxygen atoms in total. The Morgan fingerprint density at radius 3 is 2.46 bits per heavy atom. The number of benzene rings is 1. The highest BCUT2D eigenvalue weighted by atomic mass is 19.1. The lowest BCUT2D eigenvalue weighted by Crippen LogP contribution is -2.39. The second-order valence-corrected chi connectivity index (χ2v) is 5.67. The SMILES string of the molecule is CCCn1c(=O)c2[nH]c(Cc3ccc(F)cc3)nc2n(CC)c1=O. The largest absolute Gasteiger partial charge is 0.336 e. The van der Waals surface area contributed by atoms with E-state index >= 15 is 0 Å². The highest BCUT2D eigenvalue weighted by molar-refractivity contribution is 5.70. The number of imidazole rings is 1. The minimum atomic E-state index is -0.348. The van der Waals surface area contributed by atoms with Crippen LogP contribution in [0.1, 0.15) is 31.7 Å². The van der Waals surface area contributed by atoms with E-state index in [0.717, 1.165) is 5.56 Å². The normalized spacial score (nSPS) is 11.3.